The van der Waals surface area contributed by atoms with Gasteiger partial charge in [-0.3, -0.25) is 9.48 Å². The lowest BCUT2D eigenvalue weighted by atomic mass is 9.89. The number of aliphatic hydroxyl groups is 1. The molecule has 2 fully saturated rings. The van der Waals surface area contributed by atoms with Crippen molar-refractivity contribution < 1.29 is 14.4 Å². The largest absolute Gasteiger partial charge is 0.388 e. The van der Waals surface area contributed by atoms with E-state index in [0.717, 1.165) is 25.1 Å². The number of carbonyl (C=O) groups is 1. The Kier molecular flexibility index (Phi) is 4.30. The highest BCUT2D eigenvalue weighted by Crippen LogP contribution is 2.38. The topological polar surface area (TPSA) is 97.3 Å². The molecule has 1 unspecified atom stereocenters. The number of rotatable bonds is 5. The Morgan fingerprint density at radius 1 is 1.46 bits per heavy atom. The molecule has 1 atom stereocenters. The molecular weight excluding hydrogens is 334 g/mol. The summed E-state index contributed by atoms with van der Waals surface area (Å²) in [6, 6.07) is 0.202. The van der Waals surface area contributed by atoms with E-state index in [-0.39, 0.29) is 24.9 Å². The van der Waals surface area contributed by atoms with Crippen molar-refractivity contribution in [2.75, 3.05) is 13.1 Å². The molecule has 2 aliphatic rings. The van der Waals surface area contributed by atoms with Crippen LogP contribution in [0.4, 0.5) is 0 Å². The lowest BCUT2D eigenvalue weighted by Crippen LogP contribution is -2.51. The molecule has 1 saturated carbocycles. The molecule has 1 amide bonds. The third-order valence-electron chi connectivity index (χ3n) is 5.13. The van der Waals surface area contributed by atoms with Gasteiger partial charge in [-0.1, -0.05) is 5.16 Å². The van der Waals surface area contributed by atoms with Crippen LogP contribution in [-0.2, 0) is 6.42 Å². The van der Waals surface area contributed by atoms with Crippen LogP contribution in [0.2, 0.25) is 0 Å². The quantitative estimate of drug-likeness (QED) is 0.876. The number of hydrogen-bond donors (Lipinski definition) is 1. The van der Waals surface area contributed by atoms with Crippen molar-refractivity contribution in [3.8, 4) is 0 Å². The van der Waals surface area contributed by atoms with Crippen LogP contribution in [0.3, 0.4) is 0 Å². The number of nitrogens with zero attached hydrogens (tertiary/aromatic N) is 5. The molecule has 3 heterocycles. The van der Waals surface area contributed by atoms with Gasteiger partial charge in [-0.2, -0.15) is 10.1 Å². The summed E-state index contributed by atoms with van der Waals surface area (Å²) in [5.41, 5.74) is -0.480. The highest BCUT2D eigenvalue weighted by molar-refractivity contribution is 5.93. The minimum atomic E-state index is -1.03. The normalized spacial score (nSPS) is 23.6. The third-order valence-corrected chi connectivity index (χ3v) is 5.13. The van der Waals surface area contributed by atoms with E-state index in [9.17, 15) is 9.90 Å². The van der Waals surface area contributed by atoms with E-state index in [1.165, 1.54) is 0 Å². The lowest BCUT2D eigenvalue weighted by molar-refractivity contribution is -0.0286. The maximum atomic E-state index is 12.8. The lowest BCUT2D eigenvalue weighted by Gasteiger charge is -2.38. The van der Waals surface area contributed by atoms with Crippen LogP contribution < -0.4 is 0 Å². The summed E-state index contributed by atoms with van der Waals surface area (Å²) in [6.45, 7) is 4.92. The van der Waals surface area contributed by atoms with Crippen molar-refractivity contribution in [3.63, 3.8) is 0 Å². The Bertz CT molecular complexity index is 794. The van der Waals surface area contributed by atoms with Gasteiger partial charge in [0.2, 0.25) is 5.89 Å². The average molecular weight is 359 g/mol. The summed E-state index contributed by atoms with van der Waals surface area (Å²) >= 11 is 0. The molecule has 1 saturated heterocycles. The third kappa shape index (κ3) is 3.51. The van der Waals surface area contributed by atoms with Crippen molar-refractivity contribution in [3.05, 3.63) is 29.7 Å². The average Bonchev–Trinajstić information content (AvgIpc) is 3.15. The van der Waals surface area contributed by atoms with Gasteiger partial charge in [0.1, 0.15) is 0 Å². The number of hydrogen-bond acceptors (Lipinski definition) is 6. The van der Waals surface area contributed by atoms with Gasteiger partial charge in [0, 0.05) is 24.7 Å². The fourth-order valence-corrected chi connectivity index (χ4v) is 3.47. The number of aromatic nitrogens is 4. The number of piperidine rings is 1. The predicted octanol–water partition coefficient (Wildman–Crippen LogP) is 1.93. The van der Waals surface area contributed by atoms with Gasteiger partial charge < -0.3 is 14.5 Å². The first-order chi connectivity index (χ1) is 12.4. The highest BCUT2D eigenvalue weighted by atomic mass is 16.5. The molecule has 1 N–H and O–H groups in total. The van der Waals surface area contributed by atoms with E-state index in [4.69, 9.17) is 4.52 Å². The van der Waals surface area contributed by atoms with Crippen LogP contribution in [0.15, 0.2) is 16.9 Å². The van der Waals surface area contributed by atoms with Gasteiger partial charge in [0.05, 0.1) is 30.3 Å². The summed E-state index contributed by atoms with van der Waals surface area (Å²) < 4.78 is 7.07. The van der Waals surface area contributed by atoms with E-state index < -0.39 is 5.60 Å². The van der Waals surface area contributed by atoms with Gasteiger partial charge in [-0.05, 0) is 39.5 Å². The molecule has 8 nitrogen and oxygen atoms in total. The fraction of sp³-hybridized carbons (Fsp3) is 0.667. The van der Waals surface area contributed by atoms with Gasteiger partial charge in [-0.15, -0.1) is 0 Å². The van der Waals surface area contributed by atoms with Crippen LogP contribution in [0.5, 0.6) is 0 Å². The molecule has 8 heteroatoms. The second-order valence-corrected chi connectivity index (χ2v) is 7.85. The number of carbonyl (C=O) groups excluding carboxylic acids is 1. The van der Waals surface area contributed by atoms with Crippen molar-refractivity contribution in [1.82, 2.24) is 24.8 Å². The van der Waals surface area contributed by atoms with E-state index in [1.54, 1.807) is 22.0 Å². The maximum absolute atomic E-state index is 12.8. The van der Waals surface area contributed by atoms with Crippen molar-refractivity contribution in [2.45, 2.75) is 63.5 Å². The highest BCUT2D eigenvalue weighted by Gasteiger charge is 2.38. The molecule has 1 aliphatic carbocycles. The monoisotopic (exact) mass is 359 g/mol. The Labute approximate surface area is 152 Å². The molecule has 0 bridgehead atoms. The minimum Gasteiger partial charge on any atom is -0.388 e. The number of amides is 1. The van der Waals surface area contributed by atoms with E-state index in [2.05, 4.69) is 15.2 Å². The number of likely N-dealkylation sites (tertiary alicyclic amines) is 1. The Morgan fingerprint density at radius 2 is 2.27 bits per heavy atom. The van der Waals surface area contributed by atoms with Gasteiger partial charge in [0.15, 0.2) is 5.82 Å². The predicted molar refractivity (Wildman–Crippen MR) is 92.7 cm³/mol. The summed E-state index contributed by atoms with van der Waals surface area (Å²) in [7, 11) is 0. The smallest absolute Gasteiger partial charge is 0.257 e. The zero-order valence-electron chi connectivity index (χ0n) is 15.3. The first-order valence-corrected chi connectivity index (χ1v) is 9.32. The van der Waals surface area contributed by atoms with Gasteiger partial charge >= 0.3 is 0 Å². The summed E-state index contributed by atoms with van der Waals surface area (Å²) in [5.74, 6) is 1.52. The molecule has 2 aromatic rings. The van der Waals surface area contributed by atoms with Crippen LogP contribution in [0, 0.1) is 0 Å². The molecule has 0 spiro atoms. The molecule has 26 heavy (non-hydrogen) atoms. The zero-order valence-corrected chi connectivity index (χ0v) is 15.3. The van der Waals surface area contributed by atoms with Crippen molar-refractivity contribution in [1.29, 1.82) is 0 Å². The van der Waals surface area contributed by atoms with Crippen molar-refractivity contribution >= 4 is 5.91 Å². The van der Waals surface area contributed by atoms with Crippen LogP contribution in [0.1, 0.15) is 73.6 Å². The van der Waals surface area contributed by atoms with Crippen molar-refractivity contribution in [2.24, 2.45) is 0 Å². The molecule has 140 valence electrons. The fourth-order valence-electron chi connectivity index (χ4n) is 3.47. The molecule has 0 radical (unpaired) electrons. The van der Waals surface area contributed by atoms with E-state index >= 15 is 0 Å². The summed E-state index contributed by atoms with van der Waals surface area (Å²) in [5, 5.41) is 19.2. The molecule has 2 aromatic heterocycles. The molecule has 4 rings (SSSR count). The van der Waals surface area contributed by atoms with Crippen LogP contribution >= 0.6 is 0 Å². The summed E-state index contributed by atoms with van der Waals surface area (Å²) in [4.78, 5) is 18.9. The van der Waals surface area contributed by atoms with E-state index in [0.29, 0.717) is 30.3 Å². The standard InChI is InChI=1S/C18H25N5O3/c1-12(2)23-10-14(9-19-23)17(24)22-7-3-6-18(25,11-22)8-15-20-16(21-26-15)13-4-5-13/h9-10,12-13,25H,3-8,11H2,1-2H3. The first kappa shape index (κ1) is 17.2. The SMILES string of the molecule is CC(C)n1cc(C(=O)N2CCCC(O)(Cc3nc(C4CC4)no3)C2)cn1. The summed E-state index contributed by atoms with van der Waals surface area (Å²) in [6.07, 6.45) is 7.21. The Hall–Kier alpha value is -2.22. The maximum Gasteiger partial charge on any atom is 0.257 e. The minimum absolute atomic E-state index is 0.0979. The van der Waals surface area contributed by atoms with Crippen LogP contribution in [0.25, 0.3) is 0 Å². The van der Waals surface area contributed by atoms with Gasteiger partial charge in [-0.25, -0.2) is 0 Å². The molecular formula is C18H25N5O3. The first-order valence-electron chi connectivity index (χ1n) is 9.32. The number of β-amino-alcohol motifs (C(OH)–C–C–N with tert-alkyl or cyclic N) is 1. The molecule has 1 aliphatic heterocycles. The second-order valence-electron chi connectivity index (χ2n) is 7.85. The van der Waals surface area contributed by atoms with E-state index in [1.807, 2.05) is 13.8 Å². The molecule has 0 aromatic carbocycles. The van der Waals surface area contributed by atoms with Crippen LogP contribution in [-0.4, -0.2) is 54.5 Å². The second kappa shape index (κ2) is 6.50. The zero-order chi connectivity index (χ0) is 18.3. The van der Waals surface area contributed by atoms with Gasteiger partial charge in [0.25, 0.3) is 5.91 Å². The Morgan fingerprint density at radius 3 is 2.96 bits per heavy atom. The Balaban J connectivity index is 1.44.